The van der Waals surface area contributed by atoms with Crippen LogP contribution < -0.4 is 14.8 Å². The van der Waals surface area contributed by atoms with E-state index in [9.17, 15) is 4.79 Å². The highest BCUT2D eigenvalue weighted by Crippen LogP contribution is 2.19. The maximum atomic E-state index is 12.1. The zero-order chi connectivity index (χ0) is 20.6. The molecule has 0 radical (unpaired) electrons. The maximum Gasteiger partial charge on any atom is 0.230 e. The van der Waals surface area contributed by atoms with Gasteiger partial charge in [0.05, 0.1) is 12.9 Å². The molecule has 0 atom stereocenters. The number of methoxy groups -OCH3 is 1. The highest BCUT2D eigenvalue weighted by molar-refractivity contribution is 7.99. The van der Waals surface area contributed by atoms with Gasteiger partial charge >= 0.3 is 0 Å². The van der Waals surface area contributed by atoms with Crippen LogP contribution in [-0.4, -0.2) is 33.5 Å². The van der Waals surface area contributed by atoms with E-state index >= 15 is 0 Å². The predicted octanol–water partition coefficient (Wildman–Crippen LogP) is 3.12. The van der Waals surface area contributed by atoms with Crippen molar-refractivity contribution in [2.75, 3.05) is 12.9 Å². The molecule has 1 aromatic heterocycles. The topological polar surface area (TPSA) is 78.3 Å². The lowest BCUT2D eigenvalue weighted by Gasteiger charge is -2.08. The minimum absolute atomic E-state index is 0.0467. The number of hydrogen-bond donors (Lipinski definition) is 1. The minimum Gasteiger partial charge on any atom is -0.497 e. The van der Waals surface area contributed by atoms with Crippen molar-refractivity contribution in [3.05, 3.63) is 65.5 Å². The molecule has 3 aromatic rings. The fraction of sp³-hybridized carbons (Fsp3) is 0.286. The standard InChI is InChI=1S/C21H24N4O3S/c1-15-4-6-16(7-5-15)12-22-20(26)14-29-21-24-23-19(25(21)2)13-28-18-10-8-17(27-3)9-11-18/h4-11H,12-14H2,1-3H3,(H,22,26). The number of rotatable bonds is 9. The van der Waals surface area contributed by atoms with Crippen molar-refractivity contribution in [2.24, 2.45) is 7.05 Å². The third kappa shape index (κ3) is 5.99. The highest BCUT2D eigenvalue weighted by atomic mass is 32.2. The SMILES string of the molecule is COc1ccc(OCc2nnc(SCC(=O)NCc3ccc(C)cc3)n2C)cc1. The van der Waals surface area contributed by atoms with Crippen LogP contribution in [0.2, 0.25) is 0 Å². The maximum absolute atomic E-state index is 12.1. The van der Waals surface area contributed by atoms with Crippen LogP contribution >= 0.6 is 11.8 Å². The molecule has 1 heterocycles. The Hall–Kier alpha value is -3.00. The summed E-state index contributed by atoms with van der Waals surface area (Å²) >= 11 is 1.35. The molecule has 0 bridgehead atoms. The van der Waals surface area contributed by atoms with Crippen molar-refractivity contribution in [3.63, 3.8) is 0 Å². The Morgan fingerprint density at radius 2 is 1.76 bits per heavy atom. The van der Waals surface area contributed by atoms with Crippen molar-refractivity contribution in [1.29, 1.82) is 0 Å². The smallest absolute Gasteiger partial charge is 0.230 e. The van der Waals surface area contributed by atoms with Crippen LogP contribution in [0, 0.1) is 6.92 Å². The summed E-state index contributed by atoms with van der Waals surface area (Å²) < 4.78 is 12.7. The first-order valence-electron chi connectivity index (χ1n) is 9.15. The van der Waals surface area contributed by atoms with E-state index in [2.05, 4.69) is 15.5 Å². The second kappa shape index (κ2) is 9.97. The number of amides is 1. The van der Waals surface area contributed by atoms with Gasteiger partial charge in [0.1, 0.15) is 18.1 Å². The molecule has 29 heavy (non-hydrogen) atoms. The summed E-state index contributed by atoms with van der Waals surface area (Å²) in [5.41, 5.74) is 2.27. The zero-order valence-corrected chi connectivity index (χ0v) is 17.5. The predicted molar refractivity (Wildman–Crippen MR) is 112 cm³/mol. The van der Waals surface area contributed by atoms with Crippen LogP contribution in [0.25, 0.3) is 0 Å². The number of nitrogens with one attached hydrogen (secondary N) is 1. The van der Waals surface area contributed by atoms with Crippen LogP contribution in [-0.2, 0) is 25.0 Å². The van der Waals surface area contributed by atoms with Crippen molar-refractivity contribution >= 4 is 17.7 Å². The van der Waals surface area contributed by atoms with Gasteiger partial charge in [-0.3, -0.25) is 4.79 Å². The number of aryl methyl sites for hydroxylation is 1. The molecule has 2 aromatic carbocycles. The van der Waals surface area contributed by atoms with E-state index in [-0.39, 0.29) is 18.3 Å². The van der Waals surface area contributed by atoms with Crippen LogP contribution in [0.15, 0.2) is 53.7 Å². The van der Waals surface area contributed by atoms with Gasteiger partial charge in [0.25, 0.3) is 0 Å². The lowest BCUT2D eigenvalue weighted by molar-refractivity contribution is -0.118. The quantitative estimate of drug-likeness (QED) is 0.544. The first-order valence-corrected chi connectivity index (χ1v) is 10.1. The van der Waals surface area contributed by atoms with Gasteiger partial charge in [-0.05, 0) is 36.8 Å². The van der Waals surface area contributed by atoms with Gasteiger partial charge in [-0.15, -0.1) is 10.2 Å². The van der Waals surface area contributed by atoms with E-state index in [1.165, 1.54) is 17.3 Å². The molecule has 0 unspecified atom stereocenters. The van der Waals surface area contributed by atoms with Crippen LogP contribution in [0.4, 0.5) is 0 Å². The molecular formula is C21H24N4O3S. The first-order chi connectivity index (χ1) is 14.0. The van der Waals surface area contributed by atoms with Gasteiger partial charge in [-0.25, -0.2) is 0 Å². The monoisotopic (exact) mass is 412 g/mol. The fourth-order valence-electron chi connectivity index (χ4n) is 2.50. The summed E-state index contributed by atoms with van der Waals surface area (Å²) in [5, 5.41) is 11.9. The molecular weight excluding hydrogens is 388 g/mol. The third-order valence-electron chi connectivity index (χ3n) is 4.30. The first kappa shape index (κ1) is 20.7. The highest BCUT2D eigenvalue weighted by Gasteiger charge is 2.12. The number of ether oxygens (including phenoxy) is 2. The van der Waals surface area contributed by atoms with Crippen LogP contribution in [0.5, 0.6) is 11.5 Å². The van der Waals surface area contributed by atoms with Crippen molar-refractivity contribution in [3.8, 4) is 11.5 Å². The van der Waals surface area contributed by atoms with Crippen LogP contribution in [0.3, 0.4) is 0 Å². The Labute approximate surface area is 174 Å². The summed E-state index contributed by atoms with van der Waals surface area (Å²) in [6.07, 6.45) is 0. The van der Waals surface area contributed by atoms with Gasteiger partial charge in [0, 0.05) is 13.6 Å². The normalized spacial score (nSPS) is 10.6. The van der Waals surface area contributed by atoms with E-state index in [0.29, 0.717) is 17.5 Å². The van der Waals surface area contributed by atoms with E-state index in [1.807, 2.05) is 67.1 Å². The Kier molecular flexibility index (Phi) is 7.13. The molecule has 0 aliphatic rings. The molecule has 0 fully saturated rings. The lowest BCUT2D eigenvalue weighted by Crippen LogP contribution is -2.24. The Balaban J connectivity index is 1.45. The average molecular weight is 413 g/mol. The van der Waals surface area contributed by atoms with Gasteiger partial charge in [-0.1, -0.05) is 41.6 Å². The Morgan fingerprint density at radius 1 is 1.07 bits per heavy atom. The average Bonchev–Trinajstić information content (AvgIpc) is 3.10. The molecule has 1 N–H and O–H groups in total. The number of carbonyl (C=O) groups is 1. The lowest BCUT2D eigenvalue weighted by atomic mass is 10.1. The van der Waals surface area contributed by atoms with Gasteiger partial charge in [0.2, 0.25) is 5.91 Å². The van der Waals surface area contributed by atoms with Gasteiger partial charge in [-0.2, -0.15) is 0 Å². The second-order valence-corrected chi connectivity index (χ2v) is 7.42. The van der Waals surface area contributed by atoms with E-state index in [0.717, 1.165) is 17.1 Å². The summed E-state index contributed by atoms with van der Waals surface area (Å²) in [6.45, 7) is 2.84. The third-order valence-corrected chi connectivity index (χ3v) is 5.32. The Bertz CT molecular complexity index is 940. The summed E-state index contributed by atoms with van der Waals surface area (Å²) in [5.74, 6) is 2.41. The van der Waals surface area contributed by atoms with Crippen molar-refractivity contribution in [1.82, 2.24) is 20.1 Å². The van der Waals surface area contributed by atoms with E-state index < -0.39 is 0 Å². The number of aromatic nitrogens is 3. The molecule has 0 aliphatic heterocycles. The molecule has 0 saturated carbocycles. The van der Waals surface area contributed by atoms with E-state index in [1.54, 1.807) is 7.11 Å². The van der Waals surface area contributed by atoms with Crippen molar-refractivity contribution < 1.29 is 14.3 Å². The molecule has 7 nitrogen and oxygen atoms in total. The largest absolute Gasteiger partial charge is 0.497 e. The molecule has 0 saturated heterocycles. The zero-order valence-electron chi connectivity index (χ0n) is 16.7. The van der Waals surface area contributed by atoms with Crippen molar-refractivity contribution in [2.45, 2.75) is 25.2 Å². The van der Waals surface area contributed by atoms with Gasteiger partial charge < -0.3 is 19.4 Å². The number of thioether (sulfide) groups is 1. The number of hydrogen-bond acceptors (Lipinski definition) is 6. The molecule has 0 aliphatic carbocycles. The van der Waals surface area contributed by atoms with Crippen LogP contribution in [0.1, 0.15) is 17.0 Å². The second-order valence-electron chi connectivity index (χ2n) is 6.47. The fourth-order valence-corrected chi connectivity index (χ4v) is 3.26. The Morgan fingerprint density at radius 3 is 2.45 bits per heavy atom. The van der Waals surface area contributed by atoms with E-state index in [4.69, 9.17) is 9.47 Å². The molecule has 0 spiro atoms. The number of carbonyl (C=O) groups excluding carboxylic acids is 1. The summed E-state index contributed by atoms with van der Waals surface area (Å²) in [7, 11) is 3.48. The molecule has 3 rings (SSSR count). The molecule has 1 amide bonds. The minimum atomic E-state index is -0.0467. The number of nitrogens with zero attached hydrogens (tertiary/aromatic N) is 3. The summed E-state index contributed by atoms with van der Waals surface area (Å²) in [6, 6.07) is 15.4. The molecule has 152 valence electrons. The number of benzene rings is 2. The molecule has 8 heteroatoms. The van der Waals surface area contributed by atoms with Gasteiger partial charge in [0.15, 0.2) is 11.0 Å². The summed E-state index contributed by atoms with van der Waals surface area (Å²) in [4.78, 5) is 12.1.